The molecule has 0 unspecified atom stereocenters. The summed E-state index contributed by atoms with van der Waals surface area (Å²) in [4.78, 5) is 23.5. The molecule has 19 heavy (non-hydrogen) atoms. The molecule has 5 nitrogen and oxygen atoms in total. The minimum Gasteiger partial charge on any atom is -0.330 e. The second-order valence-electron chi connectivity index (χ2n) is 5.28. The molecule has 1 aromatic rings. The first-order valence-electron chi connectivity index (χ1n) is 6.41. The number of hydrogen-bond donors (Lipinski definition) is 3. The normalized spacial score (nSPS) is 15.8. The van der Waals surface area contributed by atoms with E-state index in [2.05, 4.69) is 10.6 Å². The van der Waals surface area contributed by atoms with Crippen LogP contribution in [0.5, 0.6) is 0 Å². The van der Waals surface area contributed by atoms with Gasteiger partial charge < -0.3 is 16.4 Å². The highest BCUT2D eigenvalue weighted by Crippen LogP contribution is 2.38. The number of hydrogen-bond acceptors (Lipinski definition) is 3. The first-order valence-corrected chi connectivity index (χ1v) is 6.41. The Balaban J connectivity index is 2.16. The molecule has 0 fully saturated rings. The molecule has 1 heterocycles. The number of carbonyl (C=O) groups is 2. The third-order valence-corrected chi connectivity index (χ3v) is 3.40. The van der Waals surface area contributed by atoms with Crippen LogP contribution >= 0.6 is 0 Å². The van der Waals surface area contributed by atoms with Gasteiger partial charge in [-0.05, 0) is 50.6 Å². The van der Waals surface area contributed by atoms with Crippen molar-refractivity contribution in [3.05, 3.63) is 23.8 Å². The Morgan fingerprint density at radius 2 is 2.16 bits per heavy atom. The molecule has 0 aliphatic carbocycles. The molecule has 2 amide bonds. The van der Waals surface area contributed by atoms with Crippen molar-refractivity contribution in [2.24, 2.45) is 5.73 Å². The van der Waals surface area contributed by atoms with Crippen molar-refractivity contribution in [3.63, 3.8) is 0 Å². The van der Waals surface area contributed by atoms with Crippen LogP contribution in [0.25, 0.3) is 0 Å². The number of fused-ring (bicyclic) bond motifs is 1. The molecule has 102 valence electrons. The maximum Gasteiger partial charge on any atom is 0.234 e. The summed E-state index contributed by atoms with van der Waals surface area (Å²) in [5.74, 6) is -0.0744. The van der Waals surface area contributed by atoms with Crippen LogP contribution in [0.3, 0.4) is 0 Å². The lowest BCUT2D eigenvalue weighted by Gasteiger charge is -2.16. The molecule has 0 bridgehead atoms. The first kappa shape index (κ1) is 13.5. The van der Waals surface area contributed by atoms with Gasteiger partial charge in [0.05, 0.1) is 5.41 Å². The monoisotopic (exact) mass is 261 g/mol. The van der Waals surface area contributed by atoms with Gasteiger partial charge in [-0.3, -0.25) is 9.59 Å². The lowest BCUT2D eigenvalue weighted by Crippen LogP contribution is -2.26. The van der Waals surface area contributed by atoms with Crippen molar-refractivity contribution in [1.82, 2.24) is 0 Å². The zero-order valence-corrected chi connectivity index (χ0v) is 11.2. The van der Waals surface area contributed by atoms with E-state index < -0.39 is 5.41 Å². The van der Waals surface area contributed by atoms with Gasteiger partial charge in [0.25, 0.3) is 0 Å². The smallest absolute Gasteiger partial charge is 0.234 e. The standard InChI is InChI=1S/C14H19N3O2/c1-14(2)10-8-9(16-12(18)4-3-7-15)5-6-11(10)17-13(14)19/h5-6,8H,3-4,7,15H2,1-2H3,(H,16,18)(H,17,19). The summed E-state index contributed by atoms with van der Waals surface area (Å²) < 4.78 is 0. The van der Waals surface area contributed by atoms with Crippen molar-refractivity contribution in [3.8, 4) is 0 Å². The van der Waals surface area contributed by atoms with E-state index in [4.69, 9.17) is 5.73 Å². The fourth-order valence-corrected chi connectivity index (χ4v) is 2.14. The van der Waals surface area contributed by atoms with Gasteiger partial charge in [-0.1, -0.05) is 0 Å². The maximum absolute atomic E-state index is 11.8. The molecule has 0 saturated heterocycles. The van der Waals surface area contributed by atoms with E-state index in [1.165, 1.54) is 0 Å². The Morgan fingerprint density at radius 3 is 2.84 bits per heavy atom. The van der Waals surface area contributed by atoms with E-state index in [1.807, 2.05) is 26.0 Å². The minimum absolute atomic E-state index is 0.0193. The molecule has 1 aliphatic heterocycles. The third-order valence-electron chi connectivity index (χ3n) is 3.40. The van der Waals surface area contributed by atoms with Gasteiger partial charge in [-0.25, -0.2) is 0 Å². The van der Waals surface area contributed by atoms with Crippen molar-refractivity contribution < 1.29 is 9.59 Å². The van der Waals surface area contributed by atoms with Gasteiger partial charge in [0.1, 0.15) is 0 Å². The summed E-state index contributed by atoms with van der Waals surface area (Å²) in [7, 11) is 0. The van der Waals surface area contributed by atoms with Crippen LogP contribution in [-0.4, -0.2) is 18.4 Å². The van der Waals surface area contributed by atoms with Crippen LogP contribution in [0, 0.1) is 0 Å². The molecule has 0 aromatic heterocycles. The molecule has 0 saturated carbocycles. The Morgan fingerprint density at radius 1 is 1.42 bits per heavy atom. The van der Waals surface area contributed by atoms with Crippen molar-refractivity contribution >= 4 is 23.2 Å². The zero-order chi connectivity index (χ0) is 14.0. The van der Waals surface area contributed by atoms with Gasteiger partial charge in [0.15, 0.2) is 0 Å². The quantitative estimate of drug-likeness (QED) is 0.769. The van der Waals surface area contributed by atoms with Crippen LogP contribution < -0.4 is 16.4 Å². The van der Waals surface area contributed by atoms with Crippen LogP contribution in [-0.2, 0) is 15.0 Å². The van der Waals surface area contributed by atoms with Crippen molar-refractivity contribution in [2.45, 2.75) is 32.1 Å². The number of carbonyl (C=O) groups excluding carboxylic acids is 2. The van der Waals surface area contributed by atoms with E-state index >= 15 is 0 Å². The predicted octanol–water partition coefficient (Wildman–Crippen LogP) is 1.59. The topological polar surface area (TPSA) is 84.2 Å². The van der Waals surface area contributed by atoms with Crippen LogP contribution in [0.2, 0.25) is 0 Å². The van der Waals surface area contributed by atoms with Crippen molar-refractivity contribution in [1.29, 1.82) is 0 Å². The number of rotatable bonds is 4. The molecule has 0 atom stereocenters. The Labute approximate surface area is 112 Å². The molecule has 1 aliphatic rings. The largest absolute Gasteiger partial charge is 0.330 e. The Kier molecular flexibility index (Phi) is 3.57. The molecule has 0 radical (unpaired) electrons. The second kappa shape index (κ2) is 5.01. The van der Waals surface area contributed by atoms with Crippen LogP contribution in [0.1, 0.15) is 32.3 Å². The highest BCUT2D eigenvalue weighted by Gasteiger charge is 2.38. The highest BCUT2D eigenvalue weighted by atomic mass is 16.2. The SMILES string of the molecule is CC1(C)C(=O)Nc2ccc(NC(=O)CCCN)cc21. The van der Waals surface area contributed by atoms with E-state index in [1.54, 1.807) is 6.07 Å². The number of benzene rings is 1. The van der Waals surface area contributed by atoms with Gasteiger partial charge in [-0.15, -0.1) is 0 Å². The average molecular weight is 261 g/mol. The summed E-state index contributed by atoms with van der Waals surface area (Å²) in [6.07, 6.45) is 1.08. The van der Waals surface area contributed by atoms with Gasteiger partial charge >= 0.3 is 0 Å². The number of nitrogens with two attached hydrogens (primary N) is 1. The summed E-state index contributed by atoms with van der Waals surface area (Å²) in [6, 6.07) is 5.47. The summed E-state index contributed by atoms with van der Waals surface area (Å²) >= 11 is 0. The zero-order valence-electron chi connectivity index (χ0n) is 11.2. The number of anilines is 2. The lowest BCUT2D eigenvalue weighted by atomic mass is 9.86. The fraction of sp³-hybridized carbons (Fsp3) is 0.429. The maximum atomic E-state index is 11.8. The number of nitrogens with one attached hydrogen (secondary N) is 2. The summed E-state index contributed by atoms with van der Waals surface area (Å²) in [5.41, 5.74) is 7.25. The molecule has 1 aromatic carbocycles. The highest BCUT2D eigenvalue weighted by molar-refractivity contribution is 6.06. The van der Waals surface area contributed by atoms with E-state index in [0.717, 1.165) is 11.3 Å². The first-order chi connectivity index (χ1) is 8.95. The van der Waals surface area contributed by atoms with Gasteiger partial charge in [0, 0.05) is 17.8 Å². The number of amides is 2. The molecular weight excluding hydrogens is 242 g/mol. The van der Waals surface area contributed by atoms with Gasteiger partial charge in [0.2, 0.25) is 11.8 Å². The van der Waals surface area contributed by atoms with E-state index in [9.17, 15) is 9.59 Å². The molecule has 5 heteroatoms. The Hall–Kier alpha value is -1.88. The average Bonchev–Trinajstić information content (AvgIpc) is 2.59. The fourth-order valence-electron chi connectivity index (χ4n) is 2.14. The molecule has 0 spiro atoms. The third kappa shape index (κ3) is 2.61. The van der Waals surface area contributed by atoms with E-state index in [0.29, 0.717) is 25.1 Å². The molecule has 2 rings (SSSR count). The van der Waals surface area contributed by atoms with Crippen molar-refractivity contribution in [2.75, 3.05) is 17.2 Å². The summed E-state index contributed by atoms with van der Waals surface area (Å²) in [6.45, 7) is 4.24. The van der Waals surface area contributed by atoms with E-state index in [-0.39, 0.29) is 11.8 Å². The van der Waals surface area contributed by atoms with Gasteiger partial charge in [-0.2, -0.15) is 0 Å². The van der Waals surface area contributed by atoms with Crippen LogP contribution in [0.15, 0.2) is 18.2 Å². The molecular formula is C14H19N3O2. The Bertz CT molecular complexity index is 523. The lowest BCUT2D eigenvalue weighted by molar-refractivity contribution is -0.119. The molecule has 4 N–H and O–H groups in total. The minimum atomic E-state index is -0.562. The van der Waals surface area contributed by atoms with Crippen LogP contribution in [0.4, 0.5) is 11.4 Å². The second-order valence-corrected chi connectivity index (χ2v) is 5.28. The predicted molar refractivity (Wildman–Crippen MR) is 75.0 cm³/mol. The summed E-state index contributed by atoms with van der Waals surface area (Å²) in [5, 5.41) is 5.66.